The molecule has 0 spiro atoms. The van der Waals surface area contributed by atoms with Crippen molar-refractivity contribution in [2.24, 2.45) is 10.7 Å². The van der Waals surface area contributed by atoms with Crippen LogP contribution in [0, 0.1) is 0 Å². The first kappa shape index (κ1) is 16.2. The standard InChI is InChI=1S/C17H20ClN7/c1-17(19)4-7-25(8-5-17)13-10-21-14-12(23-13)9-22-16(14)24-11-3-2-6-20-15(11)18/h2-3,6,10H,4-5,7-9,19H2,1H3,(H,22,24). The van der Waals surface area contributed by atoms with Crippen LogP contribution in [0.15, 0.2) is 29.5 Å². The van der Waals surface area contributed by atoms with Gasteiger partial charge in [0.15, 0.2) is 11.0 Å². The van der Waals surface area contributed by atoms with Gasteiger partial charge in [0.25, 0.3) is 0 Å². The van der Waals surface area contributed by atoms with Gasteiger partial charge in [0, 0.05) is 24.8 Å². The van der Waals surface area contributed by atoms with Gasteiger partial charge in [-0.2, -0.15) is 0 Å². The number of pyridine rings is 1. The van der Waals surface area contributed by atoms with Gasteiger partial charge >= 0.3 is 0 Å². The van der Waals surface area contributed by atoms with Gasteiger partial charge in [-0.25, -0.2) is 15.0 Å². The van der Waals surface area contributed by atoms with E-state index in [1.807, 2.05) is 18.3 Å². The zero-order chi connectivity index (χ0) is 17.4. The van der Waals surface area contributed by atoms with Crippen LogP contribution in [0.4, 0.5) is 11.5 Å². The van der Waals surface area contributed by atoms with Crippen molar-refractivity contribution in [1.82, 2.24) is 15.0 Å². The third kappa shape index (κ3) is 3.29. The van der Waals surface area contributed by atoms with Crippen LogP contribution in [0.3, 0.4) is 0 Å². The van der Waals surface area contributed by atoms with Crippen molar-refractivity contribution in [3.8, 4) is 0 Å². The summed E-state index contributed by atoms with van der Waals surface area (Å²) in [6, 6.07) is 3.68. The number of anilines is 2. The Kier molecular flexibility index (Phi) is 4.05. The van der Waals surface area contributed by atoms with Gasteiger partial charge in [-0.15, -0.1) is 0 Å². The second kappa shape index (κ2) is 6.24. The molecular formula is C17H20ClN7. The quantitative estimate of drug-likeness (QED) is 0.800. The Balaban J connectivity index is 1.51. The lowest BCUT2D eigenvalue weighted by molar-refractivity contribution is 0.363. The number of rotatable bonds is 2. The van der Waals surface area contributed by atoms with Gasteiger partial charge in [0.1, 0.15) is 11.5 Å². The van der Waals surface area contributed by atoms with Crippen molar-refractivity contribution < 1.29 is 0 Å². The van der Waals surface area contributed by atoms with Crippen LogP contribution < -0.4 is 16.0 Å². The molecule has 2 aliphatic heterocycles. The number of aromatic nitrogens is 3. The van der Waals surface area contributed by atoms with E-state index in [4.69, 9.17) is 22.3 Å². The molecule has 0 aromatic carbocycles. The Labute approximate surface area is 151 Å². The molecule has 2 aliphatic rings. The predicted octanol–water partition coefficient (Wildman–Crippen LogP) is 2.21. The van der Waals surface area contributed by atoms with Crippen LogP contribution in [0.5, 0.6) is 0 Å². The van der Waals surface area contributed by atoms with Crippen LogP contribution in [0.25, 0.3) is 0 Å². The van der Waals surface area contributed by atoms with Crippen LogP contribution in [0.1, 0.15) is 31.2 Å². The lowest BCUT2D eigenvalue weighted by Crippen LogP contribution is -2.48. The second-order valence-electron chi connectivity index (χ2n) is 6.80. The maximum atomic E-state index is 6.21. The van der Waals surface area contributed by atoms with Crippen molar-refractivity contribution in [1.29, 1.82) is 0 Å². The van der Waals surface area contributed by atoms with Crippen molar-refractivity contribution in [3.05, 3.63) is 41.1 Å². The second-order valence-corrected chi connectivity index (χ2v) is 7.15. The number of nitrogens with zero attached hydrogens (tertiary/aromatic N) is 5. The van der Waals surface area contributed by atoms with Gasteiger partial charge in [-0.05, 0) is 31.9 Å². The summed E-state index contributed by atoms with van der Waals surface area (Å²) in [4.78, 5) is 20.1. The summed E-state index contributed by atoms with van der Waals surface area (Å²) in [7, 11) is 0. The number of fused-ring (bicyclic) bond motifs is 1. The number of nitrogens with two attached hydrogens (primary N) is 1. The molecule has 2 aromatic rings. The molecule has 0 atom stereocenters. The summed E-state index contributed by atoms with van der Waals surface area (Å²) in [5.74, 6) is 1.57. The molecule has 1 saturated heterocycles. The van der Waals surface area contributed by atoms with Gasteiger partial charge in [-0.1, -0.05) is 11.6 Å². The molecule has 25 heavy (non-hydrogen) atoms. The summed E-state index contributed by atoms with van der Waals surface area (Å²) >= 11 is 6.10. The van der Waals surface area contributed by atoms with E-state index < -0.39 is 0 Å². The Bertz CT molecular complexity index is 823. The molecule has 1 fully saturated rings. The fraction of sp³-hybridized carbons (Fsp3) is 0.412. The Morgan fingerprint density at radius 1 is 1.28 bits per heavy atom. The average molecular weight is 358 g/mol. The first-order valence-corrected chi connectivity index (χ1v) is 8.72. The summed E-state index contributed by atoms with van der Waals surface area (Å²) < 4.78 is 0. The fourth-order valence-corrected chi connectivity index (χ4v) is 3.22. The molecule has 4 heterocycles. The van der Waals surface area contributed by atoms with Gasteiger partial charge < -0.3 is 16.0 Å². The maximum absolute atomic E-state index is 6.21. The number of aliphatic imine (C=N–C) groups is 1. The Hall–Kier alpha value is -2.25. The minimum atomic E-state index is -0.0795. The summed E-state index contributed by atoms with van der Waals surface area (Å²) in [6.45, 7) is 4.42. The minimum Gasteiger partial charge on any atom is -0.355 e. The van der Waals surface area contributed by atoms with E-state index in [0.717, 1.165) is 43.1 Å². The molecular weight excluding hydrogens is 338 g/mol. The van der Waals surface area contributed by atoms with E-state index in [2.05, 4.69) is 32.1 Å². The lowest BCUT2D eigenvalue weighted by Gasteiger charge is -2.37. The van der Waals surface area contributed by atoms with Crippen LogP contribution in [-0.2, 0) is 6.54 Å². The molecule has 0 amide bonds. The highest BCUT2D eigenvalue weighted by Gasteiger charge is 2.28. The first-order chi connectivity index (χ1) is 12.0. The van der Waals surface area contributed by atoms with Crippen molar-refractivity contribution in [2.45, 2.75) is 31.8 Å². The van der Waals surface area contributed by atoms with E-state index in [0.29, 0.717) is 23.2 Å². The molecule has 2 aromatic heterocycles. The Morgan fingerprint density at radius 3 is 2.84 bits per heavy atom. The number of hydrogen-bond donors (Lipinski definition) is 2. The summed E-state index contributed by atoms with van der Waals surface area (Å²) in [6.07, 6.45) is 5.36. The zero-order valence-corrected chi connectivity index (χ0v) is 14.8. The number of halogens is 1. The van der Waals surface area contributed by atoms with E-state index in [1.54, 1.807) is 6.20 Å². The summed E-state index contributed by atoms with van der Waals surface area (Å²) in [5.41, 5.74) is 8.48. The van der Waals surface area contributed by atoms with Crippen LogP contribution >= 0.6 is 11.6 Å². The number of amidine groups is 1. The Morgan fingerprint density at radius 2 is 2.08 bits per heavy atom. The highest BCUT2D eigenvalue weighted by molar-refractivity contribution is 6.32. The molecule has 0 saturated carbocycles. The topological polar surface area (TPSA) is 92.3 Å². The van der Waals surface area contributed by atoms with Crippen molar-refractivity contribution >= 4 is 28.9 Å². The smallest absolute Gasteiger partial charge is 0.154 e. The first-order valence-electron chi connectivity index (χ1n) is 8.34. The monoisotopic (exact) mass is 357 g/mol. The fourth-order valence-electron chi connectivity index (χ4n) is 3.06. The SMILES string of the molecule is CC1(N)CCN(c2cnc3c(n2)CN=C3Nc2cccnc2Cl)CC1. The van der Waals surface area contributed by atoms with Crippen LogP contribution in [-0.4, -0.2) is 39.4 Å². The number of hydrogen-bond acceptors (Lipinski definition) is 7. The van der Waals surface area contributed by atoms with Crippen molar-refractivity contribution in [2.75, 3.05) is 23.3 Å². The molecule has 0 bridgehead atoms. The van der Waals surface area contributed by atoms with E-state index in [-0.39, 0.29) is 5.54 Å². The van der Waals surface area contributed by atoms with E-state index >= 15 is 0 Å². The molecule has 130 valence electrons. The molecule has 4 rings (SSSR count). The molecule has 0 unspecified atom stereocenters. The van der Waals surface area contributed by atoms with E-state index in [9.17, 15) is 0 Å². The molecule has 7 nitrogen and oxygen atoms in total. The summed E-state index contributed by atoms with van der Waals surface area (Å²) in [5, 5.41) is 3.60. The molecule has 0 aliphatic carbocycles. The zero-order valence-electron chi connectivity index (χ0n) is 14.0. The van der Waals surface area contributed by atoms with Gasteiger partial charge in [0.2, 0.25) is 0 Å². The van der Waals surface area contributed by atoms with Gasteiger partial charge in [-0.3, -0.25) is 4.99 Å². The third-order valence-electron chi connectivity index (χ3n) is 4.69. The highest BCUT2D eigenvalue weighted by atomic mass is 35.5. The molecule has 0 radical (unpaired) electrons. The lowest BCUT2D eigenvalue weighted by atomic mass is 9.91. The normalized spacial score (nSPS) is 18.7. The predicted molar refractivity (Wildman–Crippen MR) is 99.2 cm³/mol. The number of nitrogens with one attached hydrogen (secondary N) is 1. The average Bonchev–Trinajstić information content (AvgIpc) is 2.99. The molecule has 3 N–H and O–H groups in total. The molecule has 8 heteroatoms. The largest absolute Gasteiger partial charge is 0.355 e. The van der Waals surface area contributed by atoms with E-state index in [1.165, 1.54) is 0 Å². The van der Waals surface area contributed by atoms with Gasteiger partial charge in [0.05, 0.1) is 24.1 Å². The maximum Gasteiger partial charge on any atom is 0.154 e. The minimum absolute atomic E-state index is 0.0795. The number of piperidine rings is 1. The van der Waals surface area contributed by atoms with Crippen molar-refractivity contribution in [3.63, 3.8) is 0 Å². The van der Waals surface area contributed by atoms with Crippen LogP contribution in [0.2, 0.25) is 5.15 Å². The highest BCUT2D eigenvalue weighted by Crippen LogP contribution is 2.26. The third-order valence-corrected chi connectivity index (χ3v) is 4.99.